The Morgan fingerprint density at radius 3 is 2.86 bits per heavy atom. The number of aromatic nitrogens is 3. The number of nitrogens with zero attached hydrogens (tertiary/aromatic N) is 2. The fraction of sp³-hybridized carbons (Fsp3) is 0.400. The summed E-state index contributed by atoms with van der Waals surface area (Å²) in [6.45, 7) is 6.31. The molecule has 4 N–H and O–H groups in total. The lowest BCUT2D eigenvalue weighted by Gasteiger charge is -2.14. The van der Waals surface area contributed by atoms with Crippen LogP contribution in [0.5, 0.6) is 5.75 Å². The average Bonchev–Trinajstić information content (AvgIpc) is 2.92. The lowest BCUT2D eigenvalue weighted by atomic mass is 10.1. The number of aryl methyl sites for hydroxylation is 2. The molecule has 7 nitrogen and oxygen atoms in total. The minimum absolute atomic E-state index is 0.231. The summed E-state index contributed by atoms with van der Waals surface area (Å²) in [6, 6.07) is 5.16. The highest BCUT2D eigenvalue weighted by atomic mass is 16.5. The Bertz CT molecular complexity index is 653. The first kappa shape index (κ1) is 16.0. The maximum absolute atomic E-state index is 12.5. The third kappa shape index (κ3) is 3.82. The second-order valence-corrected chi connectivity index (χ2v) is 5.11. The number of hydrogen-bond acceptors (Lipinski definition) is 5. The van der Waals surface area contributed by atoms with Gasteiger partial charge in [0, 0.05) is 6.54 Å². The summed E-state index contributed by atoms with van der Waals surface area (Å²) >= 11 is 0. The van der Waals surface area contributed by atoms with Crippen LogP contribution in [0.3, 0.4) is 0 Å². The molecule has 0 bridgehead atoms. The molecule has 0 spiro atoms. The number of rotatable bonds is 6. The van der Waals surface area contributed by atoms with Crippen LogP contribution in [-0.2, 0) is 0 Å². The second kappa shape index (κ2) is 7.04. The summed E-state index contributed by atoms with van der Waals surface area (Å²) in [5, 5.41) is 9.69. The van der Waals surface area contributed by atoms with Crippen molar-refractivity contribution in [1.82, 2.24) is 20.5 Å². The van der Waals surface area contributed by atoms with Gasteiger partial charge in [0.05, 0.1) is 11.6 Å². The van der Waals surface area contributed by atoms with Gasteiger partial charge in [0.1, 0.15) is 18.2 Å². The van der Waals surface area contributed by atoms with Gasteiger partial charge in [-0.15, -0.1) is 0 Å². The highest BCUT2D eigenvalue weighted by Gasteiger charge is 2.18. The third-order valence-electron chi connectivity index (χ3n) is 3.10. The summed E-state index contributed by atoms with van der Waals surface area (Å²) in [7, 11) is 0. The fourth-order valence-corrected chi connectivity index (χ4v) is 2.01. The van der Waals surface area contributed by atoms with Gasteiger partial charge in [0.25, 0.3) is 5.91 Å². The minimum atomic E-state index is -0.305. The van der Waals surface area contributed by atoms with Gasteiger partial charge >= 0.3 is 0 Å². The maximum Gasteiger partial charge on any atom is 0.255 e. The van der Waals surface area contributed by atoms with E-state index in [-0.39, 0.29) is 11.9 Å². The first-order valence-corrected chi connectivity index (χ1v) is 7.14. The van der Waals surface area contributed by atoms with Gasteiger partial charge in [-0.3, -0.25) is 9.89 Å². The fourth-order valence-electron chi connectivity index (χ4n) is 2.01. The number of amides is 1. The normalized spacial score (nSPS) is 12.0. The molecule has 2 aromatic rings. The molecule has 2 rings (SSSR count). The van der Waals surface area contributed by atoms with E-state index in [0.717, 1.165) is 5.56 Å². The quantitative estimate of drug-likeness (QED) is 0.744. The molecular weight excluding hydrogens is 282 g/mol. The molecule has 1 heterocycles. The van der Waals surface area contributed by atoms with Crippen molar-refractivity contribution in [2.75, 3.05) is 13.2 Å². The van der Waals surface area contributed by atoms with E-state index in [9.17, 15) is 4.79 Å². The van der Waals surface area contributed by atoms with Crippen molar-refractivity contribution in [2.24, 2.45) is 5.73 Å². The van der Waals surface area contributed by atoms with Crippen molar-refractivity contribution in [3.05, 3.63) is 41.0 Å². The van der Waals surface area contributed by atoms with E-state index < -0.39 is 0 Å². The Hall–Kier alpha value is -2.41. The van der Waals surface area contributed by atoms with E-state index in [0.29, 0.717) is 36.1 Å². The lowest BCUT2D eigenvalue weighted by Crippen LogP contribution is -2.28. The van der Waals surface area contributed by atoms with Crippen LogP contribution in [-0.4, -0.2) is 34.2 Å². The van der Waals surface area contributed by atoms with Crippen molar-refractivity contribution in [1.29, 1.82) is 0 Å². The number of carbonyl (C=O) groups is 1. The Morgan fingerprint density at radius 1 is 1.45 bits per heavy atom. The maximum atomic E-state index is 12.5. The molecule has 1 aromatic carbocycles. The zero-order chi connectivity index (χ0) is 16.1. The molecule has 0 saturated carbocycles. The summed E-state index contributed by atoms with van der Waals surface area (Å²) in [5.41, 5.74) is 6.90. The summed E-state index contributed by atoms with van der Waals surface area (Å²) in [4.78, 5) is 16.7. The molecule has 0 aliphatic heterocycles. The van der Waals surface area contributed by atoms with Gasteiger partial charge in [-0.2, -0.15) is 5.10 Å². The Kier molecular flexibility index (Phi) is 5.11. The Balaban J connectivity index is 2.15. The van der Waals surface area contributed by atoms with Crippen molar-refractivity contribution in [3.8, 4) is 5.75 Å². The Morgan fingerprint density at radius 2 is 2.23 bits per heavy atom. The summed E-state index contributed by atoms with van der Waals surface area (Å²) in [6.07, 6.45) is 0. The second-order valence-electron chi connectivity index (χ2n) is 5.11. The van der Waals surface area contributed by atoms with E-state index in [1.54, 1.807) is 12.1 Å². The van der Waals surface area contributed by atoms with Crippen molar-refractivity contribution in [3.63, 3.8) is 0 Å². The molecule has 1 amide bonds. The van der Waals surface area contributed by atoms with Gasteiger partial charge in [-0.1, -0.05) is 11.6 Å². The number of nitrogens with two attached hydrogens (primary N) is 1. The van der Waals surface area contributed by atoms with Crippen LogP contribution in [0, 0.1) is 13.8 Å². The van der Waals surface area contributed by atoms with Gasteiger partial charge in [-0.25, -0.2) is 4.98 Å². The minimum Gasteiger partial charge on any atom is -0.491 e. The van der Waals surface area contributed by atoms with Crippen LogP contribution < -0.4 is 15.8 Å². The van der Waals surface area contributed by atoms with Gasteiger partial charge < -0.3 is 15.8 Å². The molecule has 1 aromatic heterocycles. The smallest absolute Gasteiger partial charge is 0.255 e. The van der Waals surface area contributed by atoms with E-state index >= 15 is 0 Å². The predicted molar refractivity (Wildman–Crippen MR) is 82.7 cm³/mol. The predicted octanol–water partition coefficient (Wildman–Crippen LogP) is 1.25. The van der Waals surface area contributed by atoms with E-state index in [1.807, 2.05) is 26.8 Å². The molecule has 7 heteroatoms. The monoisotopic (exact) mass is 303 g/mol. The topological polar surface area (TPSA) is 106 Å². The standard InChI is InChI=1S/C15H21N5O2/c1-9-4-5-13(22-7-6-16)12(8-9)15(21)17-10(2)14-18-11(3)19-20-14/h4-5,8,10H,6-7,16H2,1-3H3,(H,17,21)(H,18,19,20). The van der Waals surface area contributed by atoms with Crippen LogP contribution in [0.2, 0.25) is 0 Å². The Labute approximate surface area is 129 Å². The molecule has 0 saturated heterocycles. The first-order chi connectivity index (χ1) is 10.5. The molecule has 22 heavy (non-hydrogen) atoms. The van der Waals surface area contributed by atoms with Crippen LogP contribution in [0.25, 0.3) is 0 Å². The number of H-pyrrole nitrogens is 1. The van der Waals surface area contributed by atoms with Crippen LogP contribution in [0.15, 0.2) is 18.2 Å². The summed E-state index contributed by atoms with van der Waals surface area (Å²) < 4.78 is 5.53. The SMILES string of the molecule is Cc1ccc(OCCN)c(C(=O)NC(C)c2n[nH]c(C)n2)c1. The highest BCUT2D eigenvalue weighted by Crippen LogP contribution is 2.21. The van der Waals surface area contributed by atoms with Crippen LogP contribution >= 0.6 is 0 Å². The largest absolute Gasteiger partial charge is 0.491 e. The zero-order valence-corrected chi connectivity index (χ0v) is 13.0. The zero-order valence-electron chi connectivity index (χ0n) is 13.0. The average molecular weight is 303 g/mol. The molecular formula is C15H21N5O2. The van der Waals surface area contributed by atoms with Crippen LogP contribution in [0.1, 0.15) is 40.5 Å². The number of ether oxygens (including phenoxy) is 1. The number of hydrogen-bond donors (Lipinski definition) is 3. The first-order valence-electron chi connectivity index (χ1n) is 7.14. The van der Waals surface area contributed by atoms with E-state index in [2.05, 4.69) is 20.5 Å². The van der Waals surface area contributed by atoms with Gasteiger partial charge in [0.2, 0.25) is 0 Å². The van der Waals surface area contributed by atoms with Gasteiger partial charge in [0.15, 0.2) is 5.82 Å². The number of nitrogens with one attached hydrogen (secondary N) is 2. The van der Waals surface area contributed by atoms with Crippen molar-refractivity contribution >= 4 is 5.91 Å². The number of aromatic amines is 1. The highest BCUT2D eigenvalue weighted by molar-refractivity contribution is 5.97. The lowest BCUT2D eigenvalue weighted by molar-refractivity contribution is 0.0934. The molecule has 118 valence electrons. The third-order valence-corrected chi connectivity index (χ3v) is 3.10. The molecule has 1 atom stereocenters. The molecule has 1 unspecified atom stereocenters. The van der Waals surface area contributed by atoms with E-state index in [1.165, 1.54) is 0 Å². The molecule has 0 fully saturated rings. The summed E-state index contributed by atoms with van der Waals surface area (Å²) in [5.74, 6) is 1.54. The van der Waals surface area contributed by atoms with Crippen molar-refractivity contribution < 1.29 is 9.53 Å². The number of benzene rings is 1. The van der Waals surface area contributed by atoms with Crippen molar-refractivity contribution in [2.45, 2.75) is 26.8 Å². The van der Waals surface area contributed by atoms with E-state index in [4.69, 9.17) is 10.5 Å². The van der Waals surface area contributed by atoms with Crippen LogP contribution in [0.4, 0.5) is 0 Å². The number of carbonyl (C=O) groups excluding carboxylic acids is 1. The molecule has 0 radical (unpaired) electrons. The van der Waals surface area contributed by atoms with Gasteiger partial charge in [-0.05, 0) is 32.9 Å². The molecule has 0 aliphatic rings. The molecule has 0 aliphatic carbocycles.